The number of piperazine rings is 1. The van der Waals surface area contributed by atoms with Crippen LogP contribution in [-0.4, -0.2) is 64.8 Å². The predicted molar refractivity (Wildman–Crippen MR) is 92.3 cm³/mol. The summed E-state index contributed by atoms with van der Waals surface area (Å²) in [5.41, 5.74) is 0. The molecule has 1 aromatic rings. The Morgan fingerprint density at radius 2 is 1.87 bits per heavy atom. The summed E-state index contributed by atoms with van der Waals surface area (Å²) in [6, 6.07) is 0. The maximum absolute atomic E-state index is 6.16. The number of ether oxygens (including phenoxy) is 1. The maximum Gasteiger partial charge on any atom is 0.122 e. The molecule has 1 aliphatic heterocycles. The predicted octanol–water partition coefficient (Wildman–Crippen LogP) is 2.13. The summed E-state index contributed by atoms with van der Waals surface area (Å²) in [4.78, 5) is 9.47. The molecule has 0 amide bonds. The molecule has 0 radical (unpaired) electrons. The molecule has 1 aliphatic carbocycles. The van der Waals surface area contributed by atoms with Crippen LogP contribution >= 0.6 is 0 Å². The van der Waals surface area contributed by atoms with Crippen molar-refractivity contribution in [3.05, 3.63) is 18.2 Å². The zero-order chi connectivity index (χ0) is 16.1. The fraction of sp³-hybridized carbons (Fsp3) is 0.833. The summed E-state index contributed by atoms with van der Waals surface area (Å²) in [7, 11) is 2.07. The molecular weight excluding hydrogens is 288 g/mol. The third-order valence-electron chi connectivity index (χ3n) is 5.52. The lowest BCUT2D eigenvalue weighted by Crippen LogP contribution is -2.47. The Morgan fingerprint density at radius 1 is 1.13 bits per heavy atom. The Labute approximate surface area is 140 Å². The monoisotopic (exact) mass is 320 g/mol. The van der Waals surface area contributed by atoms with Crippen molar-refractivity contribution in [2.45, 2.75) is 45.3 Å². The van der Waals surface area contributed by atoms with Crippen LogP contribution in [0.2, 0.25) is 0 Å². The van der Waals surface area contributed by atoms with Gasteiger partial charge >= 0.3 is 0 Å². The summed E-state index contributed by atoms with van der Waals surface area (Å²) in [5, 5.41) is 0. The molecular formula is C18H32N4O. The Bertz CT molecular complexity index is 467. The first-order valence-corrected chi connectivity index (χ1v) is 9.25. The second-order valence-corrected chi connectivity index (χ2v) is 7.24. The van der Waals surface area contributed by atoms with Gasteiger partial charge in [0, 0.05) is 52.2 Å². The van der Waals surface area contributed by atoms with Crippen LogP contribution in [0.1, 0.15) is 38.4 Å². The molecule has 2 atom stereocenters. The first-order chi connectivity index (χ1) is 11.2. The highest BCUT2D eigenvalue weighted by Gasteiger charge is 2.22. The molecule has 5 nitrogen and oxygen atoms in total. The molecule has 0 N–H and O–H groups in total. The molecule has 2 heterocycles. The van der Waals surface area contributed by atoms with Gasteiger partial charge in [-0.15, -0.1) is 0 Å². The van der Waals surface area contributed by atoms with E-state index in [4.69, 9.17) is 4.74 Å². The fourth-order valence-electron chi connectivity index (χ4n) is 3.78. The van der Waals surface area contributed by atoms with Crippen LogP contribution < -0.4 is 0 Å². The van der Waals surface area contributed by atoms with Crippen LogP contribution in [0.5, 0.6) is 0 Å². The normalized spacial score (nSPS) is 27.4. The Morgan fingerprint density at radius 3 is 2.57 bits per heavy atom. The van der Waals surface area contributed by atoms with Crippen LogP contribution in [0.4, 0.5) is 0 Å². The summed E-state index contributed by atoms with van der Waals surface area (Å²) >= 11 is 0. The topological polar surface area (TPSA) is 33.5 Å². The van der Waals surface area contributed by atoms with Gasteiger partial charge in [0.15, 0.2) is 0 Å². The minimum absolute atomic E-state index is 0.508. The van der Waals surface area contributed by atoms with E-state index in [-0.39, 0.29) is 0 Å². The molecule has 0 unspecified atom stereocenters. The number of nitrogens with zero attached hydrogens (tertiary/aromatic N) is 4. The van der Waals surface area contributed by atoms with Gasteiger partial charge in [-0.3, -0.25) is 9.80 Å². The number of imidazole rings is 1. The zero-order valence-electron chi connectivity index (χ0n) is 14.8. The highest BCUT2D eigenvalue weighted by atomic mass is 16.5. The van der Waals surface area contributed by atoms with E-state index in [1.165, 1.54) is 25.7 Å². The van der Waals surface area contributed by atoms with E-state index in [0.717, 1.165) is 57.6 Å². The first kappa shape index (κ1) is 16.9. The van der Waals surface area contributed by atoms with E-state index in [0.29, 0.717) is 6.10 Å². The highest BCUT2D eigenvalue weighted by Crippen LogP contribution is 2.26. The van der Waals surface area contributed by atoms with E-state index in [2.05, 4.69) is 33.3 Å². The van der Waals surface area contributed by atoms with Gasteiger partial charge in [0.25, 0.3) is 0 Å². The molecule has 2 aliphatic rings. The van der Waals surface area contributed by atoms with Gasteiger partial charge in [-0.05, 0) is 18.8 Å². The minimum Gasteiger partial charge on any atom is -0.377 e. The molecule has 0 aromatic carbocycles. The maximum atomic E-state index is 6.16. The third kappa shape index (κ3) is 4.78. The molecule has 1 saturated heterocycles. The van der Waals surface area contributed by atoms with Crippen LogP contribution in [0.3, 0.4) is 0 Å². The number of hydrogen-bond acceptors (Lipinski definition) is 4. The van der Waals surface area contributed by atoms with Crippen molar-refractivity contribution in [2.75, 3.05) is 39.3 Å². The average molecular weight is 320 g/mol. The SMILES string of the molecule is C[C@@H]1CCCC[C@@H]1OCCN1CCN(Cc2nccn2C)CC1. The van der Waals surface area contributed by atoms with Crippen molar-refractivity contribution in [1.29, 1.82) is 0 Å². The summed E-state index contributed by atoms with van der Waals surface area (Å²) in [5.74, 6) is 1.91. The lowest BCUT2D eigenvalue weighted by atomic mass is 9.88. The van der Waals surface area contributed by atoms with Crippen LogP contribution in [-0.2, 0) is 18.3 Å². The third-order valence-corrected chi connectivity index (χ3v) is 5.52. The molecule has 0 spiro atoms. The molecule has 23 heavy (non-hydrogen) atoms. The molecule has 3 rings (SSSR count). The fourth-order valence-corrected chi connectivity index (χ4v) is 3.78. The summed E-state index contributed by atoms with van der Waals surface area (Å²) < 4.78 is 8.27. The molecule has 130 valence electrons. The minimum atomic E-state index is 0.508. The second kappa shape index (κ2) is 8.27. The Kier molecular flexibility index (Phi) is 6.08. The van der Waals surface area contributed by atoms with Gasteiger partial charge < -0.3 is 9.30 Å². The lowest BCUT2D eigenvalue weighted by Gasteiger charge is -2.35. The van der Waals surface area contributed by atoms with Crippen molar-refractivity contribution in [2.24, 2.45) is 13.0 Å². The van der Waals surface area contributed by atoms with Crippen molar-refractivity contribution < 1.29 is 4.74 Å². The van der Waals surface area contributed by atoms with Crippen molar-refractivity contribution in [1.82, 2.24) is 19.4 Å². The summed E-state index contributed by atoms with van der Waals surface area (Å²) in [6.07, 6.45) is 9.76. The smallest absolute Gasteiger partial charge is 0.122 e. The van der Waals surface area contributed by atoms with Crippen LogP contribution in [0.25, 0.3) is 0 Å². The van der Waals surface area contributed by atoms with E-state index in [1.807, 2.05) is 12.4 Å². The first-order valence-electron chi connectivity index (χ1n) is 9.25. The second-order valence-electron chi connectivity index (χ2n) is 7.24. The quantitative estimate of drug-likeness (QED) is 0.804. The van der Waals surface area contributed by atoms with E-state index in [1.54, 1.807) is 0 Å². The molecule has 2 fully saturated rings. The Balaban J connectivity index is 1.32. The van der Waals surface area contributed by atoms with Crippen LogP contribution in [0, 0.1) is 5.92 Å². The van der Waals surface area contributed by atoms with Crippen molar-refractivity contribution in [3.8, 4) is 0 Å². The van der Waals surface area contributed by atoms with Gasteiger partial charge in [-0.1, -0.05) is 19.8 Å². The van der Waals surface area contributed by atoms with Gasteiger partial charge in [-0.25, -0.2) is 4.98 Å². The summed E-state index contributed by atoms with van der Waals surface area (Å²) in [6.45, 7) is 9.85. The molecule has 1 aromatic heterocycles. The Hall–Kier alpha value is -0.910. The van der Waals surface area contributed by atoms with Gasteiger partial charge in [0.1, 0.15) is 5.82 Å². The van der Waals surface area contributed by atoms with Crippen molar-refractivity contribution in [3.63, 3.8) is 0 Å². The van der Waals surface area contributed by atoms with Crippen molar-refractivity contribution >= 4 is 0 Å². The number of aromatic nitrogens is 2. The number of aryl methyl sites for hydroxylation is 1. The largest absolute Gasteiger partial charge is 0.377 e. The van der Waals surface area contributed by atoms with Gasteiger partial charge in [0.2, 0.25) is 0 Å². The number of hydrogen-bond donors (Lipinski definition) is 0. The molecule has 1 saturated carbocycles. The van der Waals surface area contributed by atoms with E-state index in [9.17, 15) is 0 Å². The standard InChI is InChI=1S/C18H32N4O/c1-16-5-3-4-6-17(16)23-14-13-21-9-11-22(12-10-21)15-18-19-7-8-20(18)2/h7-8,16-17H,3-6,9-15H2,1-2H3/t16-,17+/m1/s1. The van der Waals surface area contributed by atoms with Gasteiger partial charge in [-0.2, -0.15) is 0 Å². The highest BCUT2D eigenvalue weighted by molar-refractivity contribution is 4.91. The molecule has 0 bridgehead atoms. The number of rotatable bonds is 6. The molecule has 5 heteroatoms. The van der Waals surface area contributed by atoms with E-state index < -0.39 is 0 Å². The van der Waals surface area contributed by atoms with Gasteiger partial charge in [0.05, 0.1) is 19.3 Å². The lowest BCUT2D eigenvalue weighted by molar-refractivity contribution is -0.0183. The zero-order valence-corrected chi connectivity index (χ0v) is 14.8. The average Bonchev–Trinajstić information content (AvgIpc) is 2.96. The van der Waals surface area contributed by atoms with Crippen LogP contribution in [0.15, 0.2) is 12.4 Å². The van der Waals surface area contributed by atoms with E-state index >= 15 is 0 Å².